The minimum Gasteiger partial charge on any atom is -0.478 e. The zero-order valence-electron chi connectivity index (χ0n) is 12.3. The smallest absolute Gasteiger partial charge is 0.328 e. The minimum absolute atomic E-state index is 0.221. The molecule has 21 heavy (non-hydrogen) atoms. The Morgan fingerprint density at radius 3 is 2.43 bits per heavy atom. The van der Waals surface area contributed by atoms with Crippen molar-refractivity contribution in [3.63, 3.8) is 0 Å². The third kappa shape index (κ3) is 4.28. The van der Waals surface area contributed by atoms with Gasteiger partial charge in [-0.25, -0.2) is 4.79 Å². The molecule has 2 aromatic rings. The molecule has 0 saturated heterocycles. The number of hydrogen-bond donors (Lipinski definition) is 1. The summed E-state index contributed by atoms with van der Waals surface area (Å²) in [5.74, 6) is -0.662. The number of carbonyl (C=O) groups is 1. The van der Waals surface area contributed by atoms with E-state index in [1.54, 1.807) is 6.20 Å². The second-order valence-electron chi connectivity index (χ2n) is 5.33. The Morgan fingerprint density at radius 1 is 1.19 bits per heavy atom. The quantitative estimate of drug-likeness (QED) is 0.844. The van der Waals surface area contributed by atoms with E-state index in [9.17, 15) is 4.79 Å². The van der Waals surface area contributed by atoms with Gasteiger partial charge >= 0.3 is 5.97 Å². The molecule has 0 radical (unpaired) electrons. The van der Waals surface area contributed by atoms with Crippen LogP contribution >= 0.6 is 0 Å². The van der Waals surface area contributed by atoms with E-state index in [0.717, 1.165) is 22.3 Å². The summed E-state index contributed by atoms with van der Waals surface area (Å²) < 4.78 is 0. The molecule has 0 spiro atoms. The van der Waals surface area contributed by atoms with Crippen LogP contribution in [-0.4, -0.2) is 16.1 Å². The van der Waals surface area contributed by atoms with Crippen LogP contribution in [0.2, 0.25) is 0 Å². The van der Waals surface area contributed by atoms with Crippen molar-refractivity contribution >= 4 is 5.97 Å². The van der Waals surface area contributed by atoms with Gasteiger partial charge in [-0.1, -0.05) is 49.8 Å². The molecular formula is C18H19NO2. The van der Waals surface area contributed by atoms with Crippen molar-refractivity contribution in [1.29, 1.82) is 0 Å². The summed E-state index contributed by atoms with van der Waals surface area (Å²) in [6, 6.07) is 12.1. The van der Waals surface area contributed by atoms with Crippen molar-refractivity contribution < 1.29 is 9.90 Å². The number of carboxylic acids is 1. The monoisotopic (exact) mass is 281 g/mol. The predicted octanol–water partition coefficient (Wildman–Crippen LogP) is 3.96. The highest BCUT2D eigenvalue weighted by molar-refractivity contribution is 5.80. The first-order valence-electron chi connectivity index (χ1n) is 6.99. The molecule has 1 N–H and O–H groups in total. The highest BCUT2D eigenvalue weighted by Gasteiger charge is 2.07. The Balaban J connectivity index is 2.17. The van der Waals surface area contributed by atoms with Crippen molar-refractivity contribution in [3.05, 3.63) is 66.0 Å². The molecule has 3 nitrogen and oxygen atoms in total. The number of pyridine rings is 1. The number of rotatable bonds is 5. The summed E-state index contributed by atoms with van der Waals surface area (Å²) >= 11 is 0. The molecule has 0 saturated carbocycles. The first-order chi connectivity index (χ1) is 10.1. The van der Waals surface area contributed by atoms with Gasteiger partial charge in [-0.15, -0.1) is 0 Å². The Bertz CT molecular complexity index is 628. The fraction of sp³-hybridized carbons (Fsp3) is 0.222. The van der Waals surface area contributed by atoms with E-state index < -0.39 is 5.97 Å². The second-order valence-corrected chi connectivity index (χ2v) is 5.33. The van der Waals surface area contributed by atoms with Crippen LogP contribution in [0.25, 0.3) is 11.1 Å². The van der Waals surface area contributed by atoms with Gasteiger partial charge in [0.1, 0.15) is 0 Å². The molecule has 0 aliphatic rings. The van der Waals surface area contributed by atoms with Crippen molar-refractivity contribution in [1.82, 2.24) is 4.98 Å². The standard InChI is InChI=1S/C18H19NO2/c1-13(2)17(11-18(20)21)10-14-5-7-15(8-6-14)16-4-3-9-19-12-16/h3-9,11-13H,10H2,1-2H3,(H,20,21)/b17-11-. The molecular weight excluding hydrogens is 262 g/mol. The van der Waals surface area contributed by atoms with Gasteiger partial charge in [0.2, 0.25) is 0 Å². The highest BCUT2D eigenvalue weighted by Crippen LogP contribution is 2.21. The molecule has 0 aliphatic heterocycles. The normalized spacial score (nSPS) is 11.7. The van der Waals surface area contributed by atoms with Crippen molar-refractivity contribution in [2.24, 2.45) is 5.92 Å². The van der Waals surface area contributed by atoms with E-state index in [2.05, 4.69) is 4.98 Å². The maximum atomic E-state index is 10.9. The molecule has 1 heterocycles. The molecule has 0 aliphatic carbocycles. The first-order valence-corrected chi connectivity index (χ1v) is 6.99. The van der Waals surface area contributed by atoms with Gasteiger partial charge in [-0.05, 0) is 35.1 Å². The van der Waals surface area contributed by atoms with E-state index in [-0.39, 0.29) is 5.92 Å². The van der Waals surface area contributed by atoms with Gasteiger partial charge in [0.15, 0.2) is 0 Å². The third-order valence-corrected chi connectivity index (χ3v) is 3.41. The van der Waals surface area contributed by atoms with Crippen LogP contribution in [-0.2, 0) is 11.2 Å². The summed E-state index contributed by atoms with van der Waals surface area (Å²) in [4.78, 5) is 15.0. The SMILES string of the molecule is CC(C)/C(=C\C(=O)O)Cc1ccc(-c2cccnc2)cc1. The predicted molar refractivity (Wildman–Crippen MR) is 83.9 cm³/mol. The molecule has 108 valence electrons. The Morgan fingerprint density at radius 2 is 1.90 bits per heavy atom. The van der Waals surface area contributed by atoms with E-state index in [0.29, 0.717) is 6.42 Å². The summed E-state index contributed by atoms with van der Waals surface area (Å²) in [6.45, 7) is 4.03. The Kier molecular flexibility index (Phi) is 4.88. The van der Waals surface area contributed by atoms with Crippen LogP contribution < -0.4 is 0 Å². The van der Waals surface area contributed by atoms with Crippen LogP contribution in [0.1, 0.15) is 19.4 Å². The second kappa shape index (κ2) is 6.84. The fourth-order valence-electron chi connectivity index (χ4n) is 2.16. The molecule has 0 unspecified atom stereocenters. The van der Waals surface area contributed by atoms with E-state index in [1.807, 2.05) is 56.4 Å². The number of hydrogen-bond acceptors (Lipinski definition) is 2. The Hall–Kier alpha value is -2.42. The van der Waals surface area contributed by atoms with Gasteiger partial charge < -0.3 is 5.11 Å². The summed E-state index contributed by atoms with van der Waals surface area (Å²) in [7, 11) is 0. The van der Waals surface area contributed by atoms with E-state index in [1.165, 1.54) is 6.08 Å². The largest absolute Gasteiger partial charge is 0.478 e. The van der Waals surface area contributed by atoms with Gasteiger partial charge in [-0.2, -0.15) is 0 Å². The molecule has 0 fully saturated rings. The van der Waals surface area contributed by atoms with Gasteiger partial charge in [0, 0.05) is 18.5 Å². The lowest BCUT2D eigenvalue weighted by molar-refractivity contribution is -0.131. The highest BCUT2D eigenvalue weighted by atomic mass is 16.4. The summed E-state index contributed by atoms with van der Waals surface area (Å²) in [5, 5.41) is 8.92. The van der Waals surface area contributed by atoms with Gasteiger partial charge in [0.05, 0.1) is 0 Å². The van der Waals surface area contributed by atoms with Gasteiger partial charge in [-0.3, -0.25) is 4.98 Å². The lowest BCUT2D eigenvalue weighted by Crippen LogP contribution is -2.02. The average Bonchev–Trinajstić information content (AvgIpc) is 2.48. The molecule has 0 bridgehead atoms. The summed E-state index contributed by atoms with van der Waals surface area (Å²) in [6.07, 6.45) is 5.57. The fourth-order valence-corrected chi connectivity index (χ4v) is 2.16. The molecule has 0 atom stereocenters. The minimum atomic E-state index is -0.884. The summed E-state index contributed by atoms with van der Waals surface area (Å²) in [5.41, 5.74) is 4.23. The number of carboxylic acid groups (broad SMARTS) is 1. The topological polar surface area (TPSA) is 50.2 Å². The molecule has 0 amide bonds. The molecule has 3 heteroatoms. The lowest BCUT2D eigenvalue weighted by Gasteiger charge is -2.11. The van der Waals surface area contributed by atoms with E-state index >= 15 is 0 Å². The number of benzene rings is 1. The van der Waals surface area contributed by atoms with Crippen LogP contribution in [0.3, 0.4) is 0 Å². The molecule has 2 rings (SSSR count). The van der Waals surface area contributed by atoms with Crippen LogP contribution in [0.15, 0.2) is 60.4 Å². The number of aliphatic carboxylic acids is 1. The van der Waals surface area contributed by atoms with Crippen LogP contribution in [0.4, 0.5) is 0 Å². The lowest BCUT2D eigenvalue weighted by atomic mass is 9.94. The van der Waals surface area contributed by atoms with Crippen LogP contribution in [0.5, 0.6) is 0 Å². The third-order valence-electron chi connectivity index (χ3n) is 3.41. The molecule has 1 aromatic carbocycles. The first kappa shape index (κ1) is 15.0. The number of nitrogens with zero attached hydrogens (tertiary/aromatic N) is 1. The zero-order valence-corrected chi connectivity index (χ0v) is 12.3. The van der Waals surface area contributed by atoms with Crippen molar-refractivity contribution in [3.8, 4) is 11.1 Å². The maximum Gasteiger partial charge on any atom is 0.328 e. The van der Waals surface area contributed by atoms with Crippen molar-refractivity contribution in [2.75, 3.05) is 0 Å². The van der Waals surface area contributed by atoms with Crippen molar-refractivity contribution in [2.45, 2.75) is 20.3 Å². The van der Waals surface area contributed by atoms with E-state index in [4.69, 9.17) is 5.11 Å². The maximum absolute atomic E-state index is 10.9. The van der Waals surface area contributed by atoms with Gasteiger partial charge in [0.25, 0.3) is 0 Å². The average molecular weight is 281 g/mol. The number of aromatic nitrogens is 1. The van der Waals surface area contributed by atoms with Crippen LogP contribution in [0, 0.1) is 5.92 Å². The molecule has 1 aromatic heterocycles. The zero-order chi connectivity index (χ0) is 15.2. The number of allylic oxidation sites excluding steroid dienone is 1. The Labute approximate surface area is 125 Å².